The van der Waals surface area contributed by atoms with E-state index in [9.17, 15) is 4.79 Å². The number of hydrogen-bond acceptors (Lipinski definition) is 6. The highest BCUT2D eigenvalue weighted by Gasteiger charge is 2.15. The minimum Gasteiger partial charge on any atom is -0.455 e. The van der Waals surface area contributed by atoms with Crippen LogP contribution >= 0.6 is 0 Å². The Morgan fingerprint density at radius 3 is 2.47 bits per heavy atom. The molecule has 0 N–H and O–H groups in total. The lowest BCUT2D eigenvalue weighted by atomic mass is 10.00. The first-order chi connectivity index (χ1) is 23.0. The molecule has 240 valence electrons. The van der Waals surface area contributed by atoms with Gasteiger partial charge < -0.3 is 9.30 Å². The van der Waals surface area contributed by atoms with Crippen molar-refractivity contribution in [3.05, 3.63) is 137 Å². The van der Waals surface area contributed by atoms with E-state index in [0.29, 0.717) is 12.1 Å². The summed E-state index contributed by atoms with van der Waals surface area (Å²) in [6.07, 6.45) is 13.6. The van der Waals surface area contributed by atoms with E-state index in [4.69, 9.17) is 9.72 Å². The zero-order valence-electron chi connectivity index (χ0n) is 27.6. The molecule has 0 aliphatic carbocycles. The molecule has 1 aliphatic heterocycles. The van der Waals surface area contributed by atoms with Crippen molar-refractivity contribution in [3.63, 3.8) is 0 Å². The van der Waals surface area contributed by atoms with Gasteiger partial charge in [-0.1, -0.05) is 67.4 Å². The number of hydrogen-bond donors (Lipinski definition) is 0. The summed E-state index contributed by atoms with van der Waals surface area (Å²) in [6.45, 7) is 10.1. The third-order valence-electron chi connectivity index (χ3n) is 8.75. The van der Waals surface area contributed by atoms with Crippen LogP contribution in [-0.4, -0.2) is 56.1 Å². The molecule has 4 heterocycles. The molecule has 1 fully saturated rings. The molecule has 5 aromatic rings. The van der Waals surface area contributed by atoms with Crippen LogP contribution in [0.5, 0.6) is 0 Å². The van der Waals surface area contributed by atoms with Crippen molar-refractivity contribution in [2.45, 2.75) is 59.1 Å². The highest BCUT2D eigenvalue weighted by atomic mass is 16.5. The number of esters is 1. The lowest BCUT2D eigenvalue weighted by Gasteiger charge is -2.15. The highest BCUT2D eigenvalue weighted by molar-refractivity contribution is 5.89. The first kappa shape index (κ1) is 32.1. The van der Waals surface area contributed by atoms with Gasteiger partial charge >= 0.3 is 5.97 Å². The number of pyridine rings is 2. The molecular weight excluding hydrogens is 582 g/mol. The Morgan fingerprint density at radius 2 is 1.70 bits per heavy atom. The van der Waals surface area contributed by atoms with E-state index in [1.54, 1.807) is 12.4 Å². The summed E-state index contributed by atoms with van der Waals surface area (Å²) >= 11 is 0. The van der Waals surface area contributed by atoms with Gasteiger partial charge in [0.15, 0.2) is 0 Å². The first-order valence-corrected chi connectivity index (χ1v) is 16.7. The summed E-state index contributed by atoms with van der Waals surface area (Å²) in [5, 5.41) is 0. The van der Waals surface area contributed by atoms with Crippen molar-refractivity contribution in [1.29, 1.82) is 0 Å². The Hall–Kier alpha value is -4.88. The fourth-order valence-electron chi connectivity index (χ4n) is 6.10. The number of aryl methyl sites for hydroxylation is 2. The van der Waals surface area contributed by atoms with Gasteiger partial charge in [0.2, 0.25) is 0 Å². The van der Waals surface area contributed by atoms with Gasteiger partial charge in [0, 0.05) is 24.9 Å². The number of carbonyl (C=O) groups excluding carboxylic acids is 1. The van der Waals surface area contributed by atoms with E-state index in [1.165, 1.54) is 18.4 Å². The van der Waals surface area contributed by atoms with Gasteiger partial charge in [-0.2, -0.15) is 0 Å². The Kier molecular flexibility index (Phi) is 10.3. The van der Waals surface area contributed by atoms with E-state index in [-0.39, 0.29) is 12.1 Å². The van der Waals surface area contributed by atoms with Crippen LogP contribution in [0.25, 0.3) is 22.7 Å². The number of rotatable bonds is 12. The summed E-state index contributed by atoms with van der Waals surface area (Å²) in [7, 11) is 0. The van der Waals surface area contributed by atoms with Gasteiger partial charge in [0.25, 0.3) is 0 Å². The molecule has 0 spiro atoms. The predicted molar refractivity (Wildman–Crippen MR) is 189 cm³/mol. The van der Waals surface area contributed by atoms with Crippen molar-refractivity contribution in [2.24, 2.45) is 0 Å². The standard InChI is InChI=1S/C40H43N5O2/c1-4-8-35(47-40(46)33-17-13-31(14-18-33)28-45-30(3)42-38-27-41-23-21-39(38)45)20-19-34-9-7-10-37(43-34)36(22-26-44-24-5-6-25-44)32-15-11-29(2)12-16-32/h7,9-23,27,35H,4-6,8,24-26,28H2,1-3H3/b20-19+,36-22+. The average Bonchev–Trinajstić information content (AvgIpc) is 3.72. The Labute approximate surface area is 277 Å². The average molecular weight is 626 g/mol. The van der Waals surface area contributed by atoms with Crippen molar-refractivity contribution in [1.82, 2.24) is 24.4 Å². The number of likely N-dealkylation sites (tertiary alicyclic amines) is 1. The second-order valence-corrected chi connectivity index (χ2v) is 12.3. The Morgan fingerprint density at radius 1 is 0.936 bits per heavy atom. The molecule has 0 radical (unpaired) electrons. The second-order valence-electron chi connectivity index (χ2n) is 12.3. The quantitative estimate of drug-likeness (QED) is 0.131. The van der Waals surface area contributed by atoms with E-state index in [1.807, 2.05) is 61.5 Å². The topological polar surface area (TPSA) is 73.1 Å². The molecule has 3 aromatic heterocycles. The van der Waals surface area contributed by atoms with Gasteiger partial charge in [-0.25, -0.2) is 14.8 Å². The lowest BCUT2D eigenvalue weighted by molar-refractivity contribution is 0.0381. The second kappa shape index (κ2) is 15.1. The normalized spacial score (nSPS) is 14.7. The van der Waals surface area contributed by atoms with Gasteiger partial charge in [-0.15, -0.1) is 0 Å². The summed E-state index contributed by atoms with van der Waals surface area (Å²) < 4.78 is 8.14. The maximum Gasteiger partial charge on any atom is 0.338 e. The number of carbonyl (C=O) groups is 1. The molecule has 1 unspecified atom stereocenters. The molecule has 0 saturated carbocycles. The minimum absolute atomic E-state index is 0.330. The van der Waals surface area contributed by atoms with Crippen molar-refractivity contribution < 1.29 is 9.53 Å². The third-order valence-corrected chi connectivity index (χ3v) is 8.75. The zero-order valence-corrected chi connectivity index (χ0v) is 27.6. The molecule has 47 heavy (non-hydrogen) atoms. The smallest absolute Gasteiger partial charge is 0.338 e. The van der Waals surface area contributed by atoms with Crippen molar-refractivity contribution in [2.75, 3.05) is 19.6 Å². The number of ether oxygens (including phenoxy) is 1. The Balaban J connectivity index is 1.14. The van der Waals surface area contributed by atoms with Gasteiger partial charge in [0.05, 0.1) is 28.7 Å². The number of nitrogens with zero attached hydrogens (tertiary/aromatic N) is 5. The molecule has 1 aliphatic rings. The van der Waals surface area contributed by atoms with E-state index in [2.05, 4.69) is 69.7 Å². The molecule has 7 heteroatoms. The van der Waals surface area contributed by atoms with Crippen LogP contribution in [0.2, 0.25) is 0 Å². The van der Waals surface area contributed by atoms with Crippen molar-refractivity contribution >= 4 is 28.7 Å². The zero-order chi connectivity index (χ0) is 32.6. The molecule has 1 saturated heterocycles. The summed E-state index contributed by atoms with van der Waals surface area (Å²) in [4.78, 5) is 29.5. The number of benzene rings is 2. The summed E-state index contributed by atoms with van der Waals surface area (Å²) in [5.41, 5.74) is 8.85. The van der Waals surface area contributed by atoms with Crippen LogP contribution in [0, 0.1) is 13.8 Å². The van der Waals surface area contributed by atoms with Gasteiger partial charge in [0.1, 0.15) is 17.4 Å². The lowest BCUT2D eigenvalue weighted by Crippen LogP contribution is -2.19. The maximum absolute atomic E-state index is 13.2. The number of fused-ring (bicyclic) bond motifs is 1. The number of aromatic nitrogens is 4. The summed E-state index contributed by atoms with van der Waals surface area (Å²) in [6, 6.07) is 24.4. The highest BCUT2D eigenvalue weighted by Crippen LogP contribution is 2.24. The minimum atomic E-state index is -0.353. The van der Waals surface area contributed by atoms with Crippen LogP contribution < -0.4 is 0 Å². The van der Waals surface area contributed by atoms with E-state index < -0.39 is 0 Å². The van der Waals surface area contributed by atoms with E-state index in [0.717, 1.165) is 77.4 Å². The molecule has 1 atom stereocenters. The largest absolute Gasteiger partial charge is 0.455 e. The fraction of sp³-hybridized carbons (Fsp3) is 0.300. The molecule has 0 amide bonds. The molecule has 2 aromatic carbocycles. The monoisotopic (exact) mass is 625 g/mol. The van der Waals surface area contributed by atoms with Crippen LogP contribution in [0.3, 0.4) is 0 Å². The van der Waals surface area contributed by atoms with Gasteiger partial charge in [-0.05, 0) is 99.8 Å². The Bertz CT molecular complexity index is 1870. The van der Waals surface area contributed by atoms with Crippen LogP contribution in [-0.2, 0) is 11.3 Å². The third kappa shape index (κ3) is 8.10. The summed E-state index contributed by atoms with van der Waals surface area (Å²) in [5.74, 6) is 0.596. The maximum atomic E-state index is 13.2. The molecule has 7 nitrogen and oxygen atoms in total. The van der Waals surface area contributed by atoms with E-state index >= 15 is 0 Å². The van der Waals surface area contributed by atoms with Crippen molar-refractivity contribution in [3.8, 4) is 0 Å². The van der Waals surface area contributed by atoms with Gasteiger partial charge in [-0.3, -0.25) is 9.88 Å². The SMILES string of the molecule is CCCC(/C=C/c1cccc(/C(=C/CN2CCCC2)c2ccc(C)cc2)n1)OC(=O)c1ccc(Cn2c(C)nc3cnccc32)cc1. The van der Waals surface area contributed by atoms with Crippen LogP contribution in [0.15, 0.2) is 97.3 Å². The fourth-order valence-corrected chi connectivity index (χ4v) is 6.10. The van der Waals surface area contributed by atoms with Crippen LogP contribution in [0.4, 0.5) is 0 Å². The van der Waals surface area contributed by atoms with Crippen LogP contribution in [0.1, 0.15) is 76.9 Å². The predicted octanol–water partition coefficient (Wildman–Crippen LogP) is 8.06. The molecule has 6 rings (SSSR count). The molecular formula is C40H43N5O2. The molecule has 0 bridgehead atoms. The number of imidazole rings is 1. The first-order valence-electron chi connectivity index (χ1n) is 16.7.